The maximum Gasteiger partial charge on any atom is 0.293 e. The molecule has 1 aliphatic heterocycles. The fourth-order valence-electron chi connectivity index (χ4n) is 5.57. The number of nitrogens with zero attached hydrogens (tertiary/aromatic N) is 6. The van der Waals surface area contributed by atoms with E-state index < -0.39 is 10.0 Å². The van der Waals surface area contributed by atoms with Crippen LogP contribution in [0.25, 0.3) is 33.3 Å². The van der Waals surface area contributed by atoms with Gasteiger partial charge in [-0.3, -0.25) is 14.9 Å². The van der Waals surface area contributed by atoms with E-state index in [2.05, 4.69) is 9.88 Å². The number of anilines is 1. The molecule has 230 valence electrons. The first-order valence-electron chi connectivity index (χ1n) is 14.4. The second kappa shape index (κ2) is 11.8. The molecule has 1 saturated heterocycles. The number of rotatable bonds is 7. The fourth-order valence-corrected chi connectivity index (χ4v) is 6.92. The van der Waals surface area contributed by atoms with Gasteiger partial charge >= 0.3 is 0 Å². The molecule has 0 radical (unpaired) electrons. The number of nitro groups is 1. The quantitative estimate of drug-likeness (QED) is 0.184. The molecule has 0 atom stereocenters. The van der Waals surface area contributed by atoms with Crippen LogP contribution in [0.4, 0.5) is 11.4 Å². The molecule has 0 spiro atoms. The normalized spacial score (nSPS) is 14.1. The van der Waals surface area contributed by atoms with Crippen molar-refractivity contribution in [1.82, 2.24) is 18.8 Å². The van der Waals surface area contributed by atoms with Crippen LogP contribution >= 0.6 is 0 Å². The molecule has 0 bridgehead atoms. The van der Waals surface area contributed by atoms with Gasteiger partial charge in [-0.25, -0.2) is 17.4 Å². The van der Waals surface area contributed by atoms with Crippen molar-refractivity contribution in [3.8, 4) is 22.3 Å². The van der Waals surface area contributed by atoms with E-state index in [1.54, 1.807) is 68.7 Å². The first-order chi connectivity index (χ1) is 21.5. The van der Waals surface area contributed by atoms with Crippen LogP contribution in [0.1, 0.15) is 10.4 Å². The Morgan fingerprint density at radius 2 is 1.56 bits per heavy atom. The van der Waals surface area contributed by atoms with Crippen molar-refractivity contribution in [1.29, 1.82) is 0 Å². The summed E-state index contributed by atoms with van der Waals surface area (Å²) in [7, 11) is 1.37. The number of hydrogen-bond donors (Lipinski definition) is 0. The standard InChI is InChI=1S/C33H32N6O5S/c1-35(2)33(40)24-11-9-23(10-12-24)29-22-38(45(43,44)27-7-5-4-6-8-27)32-28(29)19-26(21-34-32)25-13-14-30(31(20-25)39(41)42)37-17-15-36(3)16-18-37/h4-14,19-22H,15-18H2,1-3H3. The molecule has 1 amide bonds. The minimum absolute atomic E-state index is 0.00254. The number of carbonyl (C=O) groups is 1. The molecule has 12 heteroatoms. The number of likely N-dealkylation sites (N-methyl/N-ethyl adjacent to an activating group) is 1. The van der Waals surface area contributed by atoms with Gasteiger partial charge in [0.1, 0.15) is 5.69 Å². The summed E-state index contributed by atoms with van der Waals surface area (Å²) in [4.78, 5) is 34.7. The van der Waals surface area contributed by atoms with Crippen LogP contribution in [0.3, 0.4) is 0 Å². The second-order valence-electron chi connectivity index (χ2n) is 11.3. The molecule has 0 aliphatic carbocycles. The van der Waals surface area contributed by atoms with Crippen molar-refractivity contribution in [3.05, 3.63) is 107 Å². The summed E-state index contributed by atoms with van der Waals surface area (Å²) in [5.74, 6) is -0.152. The topological polar surface area (TPSA) is 122 Å². The average Bonchev–Trinajstić information content (AvgIpc) is 3.45. The Balaban J connectivity index is 1.49. The van der Waals surface area contributed by atoms with Crippen LogP contribution < -0.4 is 4.90 Å². The van der Waals surface area contributed by atoms with Gasteiger partial charge in [0.15, 0.2) is 5.65 Å². The van der Waals surface area contributed by atoms with E-state index in [9.17, 15) is 23.3 Å². The maximum atomic E-state index is 13.8. The Labute approximate surface area is 261 Å². The lowest BCUT2D eigenvalue weighted by molar-refractivity contribution is -0.384. The Morgan fingerprint density at radius 1 is 0.889 bits per heavy atom. The summed E-state index contributed by atoms with van der Waals surface area (Å²) < 4.78 is 28.7. The molecule has 6 rings (SSSR count). The van der Waals surface area contributed by atoms with Crippen LogP contribution in [-0.2, 0) is 10.0 Å². The number of amides is 1. The lowest BCUT2D eigenvalue weighted by atomic mass is 10.0. The van der Waals surface area contributed by atoms with E-state index in [4.69, 9.17) is 0 Å². The molecular formula is C33H32N6O5S. The molecular weight excluding hydrogens is 592 g/mol. The van der Waals surface area contributed by atoms with Gasteiger partial charge in [0.05, 0.1) is 9.82 Å². The number of pyridine rings is 1. The van der Waals surface area contributed by atoms with Crippen LogP contribution in [0.2, 0.25) is 0 Å². The Morgan fingerprint density at radius 3 is 2.20 bits per heavy atom. The van der Waals surface area contributed by atoms with Crippen LogP contribution in [0, 0.1) is 10.1 Å². The van der Waals surface area contributed by atoms with Gasteiger partial charge in [-0.05, 0) is 54.6 Å². The van der Waals surface area contributed by atoms with Gasteiger partial charge in [0.25, 0.3) is 21.6 Å². The zero-order valence-electron chi connectivity index (χ0n) is 25.1. The predicted molar refractivity (Wildman–Crippen MR) is 174 cm³/mol. The molecule has 0 unspecified atom stereocenters. The molecule has 1 fully saturated rings. The lowest BCUT2D eigenvalue weighted by Gasteiger charge is -2.33. The maximum absolute atomic E-state index is 13.8. The van der Waals surface area contributed by atoms with E-state index >= 15 is 0 Å². The summed E-state index contributed by atoms with van der Waals surface area (Å²) in [6, 6.07) is 22.0. The van der Waals surface area contributed by atoms with E-state index in [-0.39, 0.29) is 27.1 Å². The number of carbonyl (C=O) groups excluding carboxylic acids is 1. The highest BCUT2D eigenvalue weighted by atomic mass is 32.2. The third-order valence-electron chi connectivity index (χ3n) is 8.11. The SMILES string of the molecule is CN1CCN(c2ccc(-c3cnc4c(c3)c(-c3ccc(C(=O)N(C)C)cc3)cn4S(=O)(=O)c3ccccc3)cc2[N+](=O)[O-])CC1. The van der Waals surface area contributed by atoms with Gasteiger partial charge in [-0.15, -0.1) is 0 Å². The zero-order chi connectivity index (χ0) is 31.9. The van der Waals surface area contributed by atoms with Crippen molar-refractivity contribution >= 4 is 38.3 Å². The monoisotopic (exact) mass is 624 g/mol. The van der Waals surface area contributed by atoms with E-state index in [1.165, 1.54) is 29.4 Å². The molecule has 45 heavy (non-hydrogen) atoms. The minimum atomic E-state index is -4.01. The first-order valence-corrected chi connectivity index (χ1v) is 15.8. The highest BCUT2D eigenvalue weighted by molar-refractivity contribution is 7.90. The molecule has 0 N–H and O–H groups in total. The highest BCUT2D eigenvalue weighted by Gasteiger charge is 2.26. The summed E-state index contributed by atoms with van der Waals surface area (Å²) in [6.07, 6.45) is 3.07. The number of nitro benzene ring substituents is 1. The van der Waals surface area contributed by atoms with E-state index in [0.29, 0.717) is 52.0 Å². The molecule has 2 aromatic heterocycles. The molecule has 5 aromatic rings. The molecule has 1 aliphatic rings. The summed E-state index contributed by atoms with van der Waals surface area (Å²) in [5, 5.41) is 12.7. The summed E-state index contributed by atoms with van der Waals surface area (Å²) in [6.45, 7) is 3.01. The van der Waals surface area contributed by atoms with Gasteiger partial charge in [0.2, 0.25) is 0 Å². The number of piperazine rings is 1. The molecule has 3 heterocycles. The highest BCUT2D eigenvalue weighted by Crippen LogP contribution is 2.37. The Kier molecular flexibility index (Phi) is 7.85. The van der Waals surface area contributed by atoms with Crippen molar-refractivity contribution < 1.29 is 18.1 Å². The fraction of sp³-hybridized carbons (Fsp3) is 0.212. The van der Waals surface area contributed by atoms with Crippen molar-refractivity contribution in [2.45, 2.75) is 4.90 Å². The third kappa shape index (κ3) is 5.65. The van der Waals surface area contributed by atoms with Crippen LogP contribution in [0.15, 0.2) is 96.2 Å². The van der Waals surface area contributed by atoms with Crippen molar-refractivity contribution in [2.24, 2.45) is 0 Å². The minimum Gasteiger partial charge on any atom is -0.363 e. The Hall–Kier alpha value is -5.07. The number of benzene rings is 3. The van der Waals surface area contributed by atoms with Crippen molar-refractivity contribution in [2.75, 3.05) is 52.2 Å². The van der Waals surface area contributed by atoms with Crippen molar-refractivity contribution in [3.63, 3.8) is 0 Å². The Bertz CT molecular complexity index is 2020. The second-order valence-corrected chi connectivity index (χ2v) is 13.1. The van der Waals surface area contributed by atoms with Gasteiger partial charge in [-0.1, -0.05) is 36.4 Å². The smallest absolute Gasteiger partial charge is 0.293 e. The lowest BCUT2D eigenvalue weighted by Crippen LogP contribution is -2.44. The average molecular weight is 625 g/mol. The summed E-state index contributed by atoms with van der Waals surface area (Å²) >= 11 is 0. The van der Waals surface area contributed by atoms with Crippen LogP contribution in [-0.4, -0.2) is 85.3 Å². The first kappa shape index (κ1) is 30.0. The number of fused-ring (bicyclic) bond motifs is 1. The van der Waals surface area contributed by atoms with E-state index in [1.807, 2.05) is 24.1 Å². The van der Waals surface area contributed by atoms with E-state index in [0.717, 1.165) is 17.1 Å². The van der Waals surface area contributed by atoms with Gasteiger partial charge in [-0.2, -0.15) is 0 Å². The van der Waals surface area contributed by atoms with Crippen LogP contribution in [0.5, 0.6) is 0 Å². The molecule has 11 nitrogen and oxygen atoms in total. The largest absolute Gasteiger partial charge is 0.363 e. The number of aromatic nitrogens is 2. The number of hydrogen-bond acceptors (Lipinski definition) is 8. The van der Waals surface area contributed by atoms with Gasteiger partial charge in [0, 0.05) is 80.8 Å². The predicted octanol–water partition coefficient (Wildman–Crippen LogP) is 4.97. The third-order valence-corrected chi connectivity index (χ3v) is 9.77. The van der Waals surface area contributed by atoms with Gasteiger partial charge < -0.3 is 14.7 Å². The molecule has 0 saturated carbocycles. The zero-order valence-corrected chi connectivity index (χ0v) is 25.9. The molecule has 3 aromatic carbocycles. The summed E-state index contributed by atoms with van der Waals surface area (Å²) in [5.41, 5.74) is 3.75.